The molecular weight excluding hydrogens is 689 g/mol. The highest BCUT2D eigenvalue weighted by Gasteiger charge is 2.36. The van der Waals surface area contributed by atoms with Gasteiger partial charge in [0.05, 0.1) is 11.0 Å². The predicted octanol–water partition coefficient (Wildman–Crippen LogP) is 15.0. The van der Waals surface area contributed by atoms with Crippen LogP contribution < -0.4 is 4.90 Å². The molecular formula is C55H40N2. The molecule has 2 nitrogen and oxygen atoms in total. The largest absolute Gasteiger partial charge is 0.310 e. The highest BCUT2D eigenvalue weighted by Crippen LogP contribution is 2.51. The first-order valence-electron chi connectivity index (χ1n) is 19.8. The molecule has 0 N–H and O–H groups in total. The zero-order chi connectivity index (χ0) is 38.1. The number of rotatable bonds is 6. The number of anilines is 3. The Morgan fingerprint density at radius 2 is 1.02 bits per heavy atom. The molecule has 10 aromatic rings. The summed E-state index contributed by atoms with van der Waals surface area (Å²) in [5.41, 5.74) is 16.9. The van der Waals surface area contributed by atoms with E-state index in [4.69, 9.17) is 0 Å². The molecule has 0 unspecified atom stereocenters. The maximum absolute atomic E-state index is 2.46. The molecule has 0 radical (unpaired) electrons. The summed E-state index contributed by atoms with van der Waals surface area (Å²) in [6.07, 6.45) is 0. The number of para-hydroxylation sites is 2. The molecule has 0 amide bonds. The normalized spacial score (nSPS) is 12.9. The number of aromatic nitrogens is 1. The number of hydrogen-bond donors (Lipinski definition) is 0. The van der Waals surface area contributed by atoms with Crippen LogP contribution in [0.15, 0.2) is 206 Å². The third-order valence-electron chi connectivity index (χ3n) is 12.1. The van der Waals surface area contributed by atoms with E-state index in [0.717, 1.165) is 22.7 Å². The lowest BCUT2D eigenvalue weighted by Gasteiger charge is -2.29. The van der Waals surface area contributed by atoms with Crippen LogP contribution in [0.25, 0.3) is 71.6 Å². The van der Waals surface area contributed by atoms with E-state index in [1.165, 1.54) is 77.1 Å². The van der Waals surface area contributed by atoms with Crippen LogP contribution in [0.5, 0.6) is 0 Å². The molecule has 270 valence electrons. The molecule has 1 aliphatic rings. The quantitative estimate of drug-likeness (QED) is 0.165. The van der Waals surface area contributed by atoms with E-state index in [1.807, 2.05) is 0 Å². The summed E-state index contributed by atoms with van der Waals surface area (Å²) in [5.74, 6) is 0. The summed E-state index contributed by atoms with van der Waals surface area (Å²) in [4.78, 5) is 2.46. The Hall–Kier alpha value is -7.16. The van der Waals surface area contributed by atoms with Gasteiger partial charge in [0.2, 0.25) is 0 Å². The van der Waals surface area contributed by atoms with Crippen LogP contribution in [0, 0.1) is 0 Å². The molecule has 0 bridgehead atoms. The standard InChI is InChI=1S/C55H40N2/c1-55(2)50-23-13-11-21-46(50)47-32-31-44(35-51(47)55)56(43-29-27-39(28-30-43)37-15-5-3-6-16-37)45-34-49(41-26-25-38-17-9-10-18-40(38)33-41)54-48-22-12-14-24-52(48)57(53(54)36-45)42-19-7-4-8-20-42/h3-36H,1-2H3. The van der Waals surface area contributed by atoms with Crippen LogP contribution in [0.2, 0.25) is 0 Å². The highest BCUT2D eigenvalue weighted by atomic mass is 15.1. The van der Waals surface area contributed by atoms with E-state index < -0.39 is 0 Å². The lowest BCUT2D eigenvalue weighted by Crippen LogP contribution is -2.16. The highest BCUT2D eigenvalue weighted by molar-refractivity contribution is 6.17. The molecule has 1 aromatic heterocycles. The van der Waals surface area contributed by atoms with Crippen molar-refractivity contribution in [3.63, 3.8) is 0 Å². The molecule has 0 aliphatic heterocycles. The van der Waals surface area contributed by atoms with Crippen LogP contribution in [-0.4, -0.2) is 4.57 Å². The Kier molecular flexibility index (Phi) is 7.55. The predicted molar refractivity (Wildman–Crippen MR) is 241 cm³/mol. The Morgan fingerprint density at radius 1 is 0.386 bits per heavy atom. The van der Waals surface area contributed by atoms with Crippen LogP contribution >= 0.6 is 0 Å². The van der Waals surface area contributed by atoms with Gasteiger partial charge in [0.15, 0.2) is 0 Å². The van der Waals surface area contributed by atoms with E-state index >= 15 is 0 Å². The lowest BCUT2D eigenvalue weighted by molar-refractivity contribution is 0.660. The van der Waals surface area contributed by atoms with Gasteiger partial charge < -0.3 is 9.47 Å². The minimum Gasteiger partial charge on any atom is -0.310 e. The molecule has 2 heteroatoms. The third-order valence-corrected chi connectivity index (χ3v) is 12.1. The Labute approximate surface area is 333 Å². The van der Waals surface area contributed by atoms with Crippen molar-refractivity contribution in [2.24, 2.45) is 0 Å². The fourth-order valence-corrected chi connectivity index (χ4v) is 9.36. The second kappa shape index (κ2) is 13.0. The van der Waals surface area contributed by atoms with Gasteiger partial charge in [0.25, 0.3) is 0 Å². The van der Waals surface area contributed by atoms with Gasteiger partial charge in [-0.25, -0.2) is 0 Å². The molecule has 0 atom stereocenters. The molecule has 1 aliphatic carbocycles. The van der Waals surface area contributed by atoms with Crippen molar-refractivity contribution in [1.29, 1.82) is 0 Å². The van der Waals surface area contributed by atoms with E-state index in [0.29, 0.717) is 0 Å². The van der Waals surface area contributed by atoms with Gasteiger partial charge in [0.1, 0.15) is 0 Å². The molecule has 0 fully saturated rings. The molecule has 11 rings (SSSR count). The third kappa shape index (κ3) is 5.33. The monoisotopic (exact) mass is 728 g/mol. The molecule has 57 heavy (non-hydrogen) atoms. The second-order valence-corrected chi connectivity index (χ2v) is 15.8. The smallest absolute Gasteiger partial charge is 0.0568 e. The van der Waals surface area contributed by atoms with E-state index in [-0.39, 0.29) is 5.41 Å². The van der Waals surface area contributed by atoms with Crippen molar-refractivity contribution >= 4 is 49.6 Å². The van der Waals surface area contributed by atoms with Gasteiger partial charge in [-0.2, -0.15) is 0 Å². The van der Waals surface area contributed by atoms with Crippen molar-refractivity contribution in [2.75, 3.05) is 4.90 Å². The number of nitrogens with zero attached hydrogens (tertiary/aromatic N) is 2. The maximum atomic E-state index is 2.46. The fraction of sp³-hybridized carbons (Fsp3) is 0.0545. The van der Waals surface area contributed by atoms with Gasteiger partial charge in [-0.05, 0) is 116 Å². The molecule has 9 aromatic carbocycles. The molecule has 0 saturated heterocycles. The zero-order valence-electron chi connectivity index (χ0n) is 32.0. The maximum Gasteiger partial charge on any atom is 0.0568 e. The summed E-state index contributed by atoms with van der Waals surface area (Å²) in [7, 11) is 0. The SMILES string of the molecule is CC1(C)c2ccccc2-c2ccc(N(c3ccc(-c4ccccc4)cc3)c3cc(-c4ccc5ccccc5c4)c4c5ccccc5n(-c5ccccc5)c4c3)cc21. The lowest BCUT2D eigenvalue weighted by atomic mass is 9.82. The number of hydrogen-bond acceptors (Lipinski definition) is 1. The average Bonchev–Trinajstić information content (AvgIpc) is 3.72. The summed E-state index contributed by atoms with van der Waals surface area (Å²) in [5, 5.41) is 4.96. The minimum absolute atomic E-state index is 0.134. The Morgan fingerprint density at radius 3 is 1.84 bits per heavy atom. The van der Waals surface area contributed by atoms with Crippen LogP contribution in [-0.2, 0) is 5.41 Å². The molecule has 1 heterocycles. The van der Waals surface area contributed by atoms with E-state index in [9.17, 15) is 0 Å². The summed E-state index contributed by atoms with van der Waals surface area (Å²) < 4.78 is 2.44. The fourth-order valence-electron chi connectivity index (χ4n) is 9.36. The molecule has 0 saturated carbocycles. The van der Waals surface area contributed by atoms with E-state index in [2.05, 4.69) is 230 Å². The summed E-state index contributed by atoms with van der Waals surface area (Å²) in [6, 6.07) is 75.8. The van der Waals surface area contributed by atoms with Crippen molar-refractivity contribution < 1.29 is 0 Å². The zero-order valence-corrected chi connectivity index (χ0v) is 32.0. The van der Waals surface area contributed by atoms with Gasteiger partial charge in [-0.1, -0.05) is 159 Å². The second-order valence-electron chi connectivity index (χ2n) is 15.8. The topological polar surface area (TPSA) is 8.17 Å². The first-order valence-corrected chi connectivity index (χ1v) is 19.8. The van der Waals surface area contributed by atoms with Gasteiger partial charge >= 0.3 is 0 Å². The average molecular weight is 729 g/mol. The van der Waals surface area contributed by atoms with Crippen molar-refractivity contribution in [2.45, 2.75) is 19.3 Å². The number of fused-ring (bicyclic) bond motifs is 7. The van der Waals surface area contributed by atoms with Crippen molar-refractivity contribution in [3.8, 4) is 39.1 Å². The van der Waals surface area contributed by atoms with Gasteiger partial charge in [-0.15, -0.1) is 0 Å². The van der Waals surface area contributed by atoms with Gasteiger partial charge in [-0.3, -0.25) is 0 Å². The first kappa shape index (κ1) is 33.2. The summed E-state index contributed by atoms with van der Waals surface area (Å²) in [6.45, 7) is 4.73. The van der Waals surface area contributed by atoms with Crippen molar-refractivity contribution in [3.05, 3.63) is 217 Å². The summed E-state index contributed by atoms with van der Waals surface area (Å²) >= 11 is 0. The molecule has 0 spiro atoms. The first-order chi connectivity index (χ1) is 28.0. The Bertz CT molecular complexity index is 3130. The minimum atomic E-state index is -0.134. The van der Waals surface area contributed by atoms with Crippen LogP contribution in [0.1, 0.15) is 25.0 Å². The van der Waals surface area contributed by atoms with Crippen LogP contribution in [0.4, 0.5) is 17.1 Å². The van der Waals surface area contributed by atoms with Crippen molar-refractivity contribution in [1.82, 2.24) is 4.57 Å². The van der Waals surface area contributed by atoms with Gasteiger partial charge in [0, 0.05) is 38.9 Å². The Balaban J connectivity index is 1.21. The number of benzene rings is 9. The van der Waals surface area contributed by atoms with E-state index in [1.54, 1.807) is 0 Å². The van der Waals surface area contributed by atoms with Crippen LogP contribution in [0.3, 0.4) is 0 Å².